The van der Waals surface area contributed by atoms with Crippen LogP contribution in [0.4, 0.5) is 0 Å². The summed E-state index contributed by atoms with van der Waals surface area (Å²) in [5.41, 5.74) is 0. The van der Waals surface area contributed by atoms with Crippen molar-refractivity contribution in [3.63, 3.8) is 0 Å². The Morgan fingerprint density at radius 1 is 0.600 bits per heavy atom. The van der Waals surface area contributed by atoms with Gasteiger partial charge in [0, 0.05) is 11.5 Å². The fraction of sp³-hybridized carbons (Fsp3) is 1.00. The number of hydrogen-bond donors (Lipinski definition) is 2. The molecular formula is C10H22O6S4. The third-order valence-electron chi connectivity index (χ3n) is 2.34. The molecule has 0 aromatic rings. The maximum atomic E-state index is 10.4. The predicted molar refractivity (Wildman–Crippen MR) is 85.4 cm³/mol. The molecule has 0 fully saturated rings. The molecule has 0 aliphatic rings. The lowest BCUT2D eigenvalue weighted by Crippen LogP contribution is -2.03. The van der Waals surface area contributed by atoms with Crippen molar-refractivity contribution in [3.05, 3.63) is 0 Å². The zero-order valence-electron chi connectivity index (χ0n) is 11.2. The van der Waals surface area contributed by atoms with Crippen molar-refractivity contribution in [2.45, 2.75) is 38.5 Å². The minimum atomic E-state index is -3.82. The van der Waals surface area contributed by atoms with Gasteiger partial charge in [0.1, 0.15) is 0 Å². The average Bonchev–Trinajstić information content (AvgIpc) is 2.27. The van der Waals surface area contributed by atoms with Crippen molar-refractivity contribution >= 4 is 41.8 Å². The number of unbranched alkanes of at least 4 members (excludes halogenated alkanes) is 4. The fourth-order valence-electron chi connectivity index (χ4n) is 1.36. The Labute approximate surface area is 129 Å². The highest BCUT2D eigenvalue weighted by Gasteiger charge is 2.04. The second kappa shape index (κ2) is 11.1. The Hall–Kier alpha value is 0.520. The lowest BCUT2D eigenvalue weighted by atomic mass is 10.3. The van der Waals surface area contributed by atoms with Crippen LogP contribution in [0.15, 0.2) is 0 Å². The summed E-state index contributed by atoms with van der Waals surface area (Å²) < 4.78 is 58.8. The SMILES string of the molecule is O=S(=O)(O)CCCCCSSCCCCCS(=O)(=O)O. The molecule has 0 aliphatic heterocycles. The lowest BCUT2D eigenvalue weighted by Gasteiger charge is -2.02. The van der Waals surface area contributed by atoms with E-state index in [-0.39, 0.29) is 11.5 Å². The lowest BCUT2D eigenvalue weighted by molar-refractivity contribution is 0.477. The van der Waals surface area contributed by atoms with Crippen molar-refractivity contribution in [1.29, 1.82) is 0 Å². The summed E-state index contributed by atoms with van der Waals surface area (Å²) in [4.78, 5) is 0. The van der Waals surface area contributed by atoms with Crippen LogP contribution in [0.3, 0.4) is 0 Å². The van der Waals surface area contributed by atoms with Gasteiger partial charge < -0.3 is 0 Å². The van der Waals surface area contributed by atoms with E-state index in [0.29, 0.717) is 12.8 Å². The van der Waals surface area contributed by atoms with Gasteiger partial charge in [-0.25, -0.2) is 0 Å². The van der Waals surface area contributed by atoms with Gasteiger partial charge in [0.2, 0.25) is 0 Å². The van der Waals surface area contributed by atoms with Crippen molar-refractivity contribution in [3.8, 4) is 0 Å². The van der Waals surface area contributed by atoms with Crippen LogP contribution in [0.25, 0.3) is 0 Å². The normalized spacial score (nSPS) is 12.7. The van der Waals surface area contributed by atoms with Gasteiger partial charge in [0.05, 0.1) is 11.5 Å². The minimum Gasteiger partial charge on any atom is -0.286 e. The molecule has 0 aromatic heterocycles. The van der Waals surface area contributed by atoms with Crippen LogP contribution in [0, 0.1) is 0 Å². The van der Waals surface area contributed by atoms with Crippen molar-refractivity contribution in [1.82, 2.24) is 0 Å². The first-order chi connectivity index (χ1) is 9.21. The van der Waals surface area contributed by atoms with E-state index in [9.17, 15) is 16.8 Å². The van der Waals surface area contributed by atoms with E-state index in [1.54, 1.807) is 21.6 Å². The Balaban J connectivity index is 3.18. The summed E-state index contributed by atoms with van der Waals surface area (Å²) in [5.74, 6) is 1.53. The van der Waals surface area contributed by atoms with Gasteiger partial charge in [0.25, 0.3) is 20.2 Å². The van der Waals surface area contributed by atoms with Gasteiger partial charge >= 0.3 is 0 Å². The monoisotopic (exact) mass is 366 g/mol. The third kappa shape index (κ3) is 18.5. The van der Waals surface area contributed by atoms with E-state index in [2.05, 4.69) is 0 Å². The summed E-state index contributed by atoms with van der Waals surface area (Å²) in [7, 11) is -4.21. The average molecular weight is 367 g/mol. The summed E-state index contributed by atoms with van der Waals surface area (Å²) in [5, 5.41) is 0. The standard InChI is InChI=1S/C10H22O6S4/c11-19(12,13)9-5-1-3-7-17-18-8-4-2-6-10-20(14,15)16/h1-10H2,(H,11,12,13)(H,14,15,16). The van der Waals surface area contributed by atoms with E-state index in [4.69, 9.17) is 9.11 Å². The van der Waals surface area contributed by atoms with Gasteiger partial charge in [-0.05, 0) is 25.7 Å². The van der Waals surface area contributed by atoms with E-state index in [1.807, 2.05) is 0 Å². The molecule has 20 heavy (non-hydrogen) atoms. The van der Waals surface area contributed by atoms with Crippen molar-refractivity contribution < 1.29 is 25.9 Å². The zero-order chi connectivity index (χ0) is 15.5. The van der Waals surface area contributed by atoms with Crippen LogP contribution in [-0.4, -0.2) is 49.0 Å². The highest BCUT2D eigenvalue weighted by Crippen LogP contribution is 2.24. The summed E-state index contributed by atoms with van der Waals surface area (Å²) in [6, 6.07) is 0. The van der Waals surface area contributed by atoms with E-state index in [1.165, 1.54) is 0 Å². The zero-order valence-corrected chi connectivity index (χ0v) is 14.5. The first-order valence-electron chi connectivity index (χ1n) is 6.35. The molecule has 6 nitrogen and oxygen atoms in total. The molecule has 0 unspecified atom stereocenters. The third-order valence-corrected chi connectivity index (χ3v) is 6.53. The van der Waals surface area contributed by atoms with Crippen LogP contribution in [0.5, 0.6) is 0 Å². The minimum absolute atomic E-state index is 0.168. The molecule has 122 valence electrons. The molecular weight excluding hydrogens is 344 g/mol. The maximum Gasteiger partial charge on any atom is 0.264 e. The van der Waals surface area contributed by atoms with E-state index >= 15 is 0 Å². The van der Waals surface area contributed by atoms with Gasteiger partial charge in [-0.2, -0.15) is 16.8 Å². The fourth-order valence-corrected chi connectivity index (χ4v) is 4.79. The topological polar surface area (TPSA) is 109 Å². The van der Waals surface area contributed by atoms with Gasteiger partial charge in [-0.15, -0.1) is 0 Å². The summed E-state index contributed by atoms with van der Waals surface area (Å²) >= 11 is 0. The largest absolute Gasteiger partial charge is 0.286 e. The molecule has 0 aliphatic carbocycles. The Morgan fingerprint density at radius 3 is 1.25 bits per heavy atom. The molecule has 0 spiro atoms. The van der Waals surface area contributed by atoms with Gasteiger partial charge in [0.15, 0.2) is 0 Å². The maximum absolute atomic E-state index is 10.4. The Bertz CT molecular complexity index is 389. The highest BCUT2D eigenvalue weighted by molar-refractivity contribution is 8.76. The molecule has 0 atom stereocenters. The molecule has 0 bridgehead atoms. The summed E-state index contributed by atoms with van der Waals surface area (Å²) in [6.45, 7) is 0. The molecule has 0 saturated heterocycles. The van der Waals surface area contributed by atoms with Crippen LogP contribution < -0.4 is 0 Å². The van der Waals surface area contributed by atoms with Gasteiger partial charge in [-0.1, -0.05) is 34.4 Å². The van der Waals surface area contributed by atoms with E-state index in [0.717, 1.165) is 37.2 Å². The number of rotatable bonds is 13. The van der Waals surface area contributed by atoms with Crippen LogP contribution >= 0.6 is 21.6 Å². The molecule has 0 rings (SSSR count). The molecule has 0 heterocycles. The predicted octanol–water partition coefficient (Wildman–Crippen LogP) is 2.48. The van der Waals surface area contributed by atoms with Crippen LogP contribution in [0.2, 0.25) is 0 Å². The van der Waals surface area contributed by atoms with Crippen molar-refractivity contribution in [2.75, 3.05) is 23.0 Å². The Morgan fingerprint density at radius 2 is 0.950 bits per heavy atom. The molecule has 2 N–H and O–H groups in total. The van der Waals surface area contributed by atoms with Gasteiger partial charge in [-0.3, -0.25) is 9.11 Å². The second-order valence-corrected chi connectivity index (χ2v) is 10.2. The molecule has 0 amide bonds. The smallest absolute Gasteiger partial charge is 0.264 e. The number of hydrogen-bond acceptors (Lipinski definition) is 6. The van der Waals surface area contributed by atoms with Crippen LogP contribution in [0.1, 0.15) is 38.5 Å². The Kier molecular flexibility index (Phi) is 11.4. The van der Waals surface area contributed by atoms with Crippen LogP contribution in [-0.2, 0) is 20.2 Å². The summed E-state index contributed by atoms with van der Waals surface area (Å²) in [6.07, 6.45) is 4.36. The molecule has 0 aromatic carbocycles. The molecule has 0 saturated carbocycles. The highest BCUT2D eigenvalue weighted by atomic mass is 33.1. The quantitative estimate of drug-likeness (QED) is 0.291. The van der Waals surface area contributed by atoms with E-state index < -0.39 is 20.2 Å². The first kappa shape index (κ1) is 20.5. The molecule has 10 heteroatoms. The second-order valence-electron chi connectivity index (χ2n) is 4.34. The molecule has 0 radical (unpaired) electrons. The van der Waals surface area contributed by atoms with Crippen molar-refractivity contribution in [2.24, 2.45) is 0 Å². The first-order valence-corrected chi connectivity index (χ1v) is 12.1.